The fourth-order valence-electron chi connectivity index (χ4n) is 1.31. The minimum atomic E-state index is 0.0217. The molecule has 0 aliphatic carbocycles. The van der Waals surface area contributed by atoms with Crippen LogP contribution in [0.2, 0.25) is 5.02 Å². The van der Waals surface area contributed by atoms with Gasteiger partial charge in [-0.1, -0.05) is 29.8 Å². The van der Waals surface area contributed by atoms with Crippen LogP contribution in [0.4, 0.5) is 0 Å². The van der Waals surface area contributed by atoms with Crippen LogP contribution < -0.4 is 0 Å². The van der Waals surface area contributed by atoms with Crippen molar-refractivity contribution in [3.8, 4) is 11.3 Å². The molecule has 76 valence electrons. The second kappa shape index (κ2) is 4.43. The van der Waals surface area contributed by atoms with Gasteiger partial charge in [0.05, 0.1) is 12.3 Å². The number of benzene rings is 1. The Morgan fingerprint density at radius 2 is 1.80 bits per heavy atom. The van der Waals surface area contributed by atoms with Crippen LogP contribution in [-0.4, -0.2) is 10.1 Å². The number of aliphatic hydroxyl groups is 1. The average Bonchev–Trinajstić information content (AvgIpc) is 2.30. The lowest BCUT2D eigenvalue weighted by molar-refractivity contribution is 0.281. The van der Waals surface area contributed by atoms with Crippen LogP contribution in [0.25, 0.3) is 11.3 Å². The van der Waals surface area contributed by atoms with Crippen molar-refractivity contribution in [3.63, 3.8) is 0 Å². The number of aliphatic hydroxyl groups excluding tert-OH is 1. The maximum atomic E-state index is 8.88. The number of pyridine rings is 1. The van der Waals surface area contributed by atoms with E-state index in [0.29, 0.717) is 5.02 Å². The zero-order chi connectivity index (χ0) is 10.7. The van der Waals surface area contributed by atoms with Crippen molar-refractivity contribution in [2.75, 3.05) is 0 Å². The van der Waals surface area contributed by atoms with Gasteiger partial charge in [0, 0.05) is 16.8 Å². The topological polar surface area (TPSA) is 33.1 Å². The van der Waals surface area contributed by atoms with E-state index in [-0.39, 0.29) is 6.61 Å². The Hall–Kier alpha value is -1.38. The first-order chi connectivity index (χ1) is 7.29. The molecule has 0 saturated carbocycles. The lowest BCUT2D eigenvalue weighted by Gasteiger charge is -2.01. The molecule has 0 radical (unpaired) electrons. The van der Waals surface area contributed by atoms with Crippen molar-refractivity contribution in [3.05, 3.63) is 53.2 Å². The monoisotopic (exact) mass is 219 g/mol. The minimum Gasteiger partial charge on any atom is -0.392 e. The second-order valence-electron chi connectivity index (χ2n) is 3.22. The molecule has 0 atom stereocenters. The van der Waals surface area contributed by atoms with Crippen molar-refractivity contribution in [1.82, 2.24) is 4.98 Å². The number of hydrogen-bond acceptors (Lipinski definition) is 2. The minimum absolute atomic E-state index is 0.0217. The average molecular weight is 220 g/mol. The first-order valence-electron chi connectivity index (χ1n) is 4.61. The molecule has 0 aliphatic heterocycles. The molecule has 0 saturated heterocycles. The Bertz CT molecular complexity index is 436. The third-order valence-electron chi connectivity index (χ3n) is 2.15. The molecule has 0 aliphatic rings. The number of rotatable bonds is 2. The van der Waals surface area contributed by atoms with Gasteiger partial charge in [0.2, 0.25) is 0 Å². The van der Waals surface area contributed by atoms with Crippen LogP contribution in [-0.2, 0) is 6.61 Å². The molecule has 1 N–H and O–H groups in total. The summed E-state index contributed by atoms with van der Waals surface area (Å²) in [7, 11) is 0. The SMILES string of the molecule is OCc1ccc(-c2ccc(Cl)cc2)nc1. The Labute approximate surface area is 93.2 Å². The highest BCUT2D eigenvalue weighted by Gasteiger charge is 1.98. The molecule has 2 rings (SSSR count). The summed E-state index contributed by atoms with van der Waals surface area (Å²) in [4.78, 5) is 4.25. The lowest BCUT2D eigenvalue weighted by atomic mass is 10.1. The van der Waals surface area contributed by atoms with Gasteiger partial charge < -0.3 is 5.11 Å². The van der Waals surface area contributed by atoms with E-state index in [1.54, 1.807) is 6.20 Å². The number of aromatic nitrogens is 1. The summed E-state index contributed by atoms with van der Waals surface area (Å²) < 4.78 is 0. The van der Waals surface area contributed by atoms with Gasteiger partial charge in [-0.3, -0.25) is 4.98 Å². The maximum Gasteiger partial charge on any atom is 0.0702 e. The summed E-state index contributed by atoms with van der Waals surface area (Å²) in [5, 5.41) is 9.59. The summed E-state index contributed by atoms with van der Waals surface area (Å²) in [5.74, 6) is 0. The molecular weight excluding hydrogens is 210 g/mol. The molecule has 0 spiro atoms. The smallest absolute Gasteiger partial charge is 0.0702 e. The highest BCUT2D eigenvalue weighted by Crippen LogP contribution is 2.19. The van der Waals surface area contributed by atoms with Crippen LogP contribution in [0.5, 0.6) is 0 Å². The highest BCUT2D eigenvalue weighted by molar-refractivity contribution is 6.30. The van der Waals surface area contributed by atoms with Gasteiger partial charge in [-0.25, -0.2) is 0 Å². The molecule has 15 heavy (non-hydrogen) atoms. The molecule has 1 heterocycles. The third kappa shape index (κ3) is 2.35. The van der Waals surface area contributed by atoms with Crippen molar-refractivity contribution in [2.24, 2.45) is 0 Å². The summed E-state index contributed by atoms with van der Waals surface area (Å²) in [5.41, 5.74) is 2.71. The van der Waals surface area contributed by atoms with E-state index >= 15 is 0 Å². The van der Waals surface area contributed by atoms with E-state index in [2.05, 4.69) is 4.98 Å². The molecule has 2 aromatic rings. The van der Waals surface area contributed by atoms with Crippen molar-refractivity contribution >= 4 is 11.6 Å². The van der Waals surface area contributed by atoms with Crippen LogP contribution in [0.1, 0.15) is 5.56 Å². The van der Waals surface area contributed by atoms with E-state index in [1.807, 2.05) is 36.4 Å². The predicted molar refractivity (Wildman–Crippen MR) is 60.6 cm³/mol. The van der Waals surface area contributed by atoms with Gasteiger partial charge in [-0.15, -0.1) is 0 Å². The normalized spacial score (nSPS) is 10.3. The van der Waals surface area contributed by atoms with Gasteiger partial charge in [0.15, 0.2) is 0 Å². The molecule has 0 amide bonds. The fraction of sp³-hybridized carbons (Fsp3) is 0.0833. The molecule has 3 heteroatoms. The Morgan fingerprint density at radius 1 is 1.07 bits per heavy atom. The van der Waals surface area contributed by atoms with Crippen LogP contribution in [0.3, 0.4) is 0 Å². The van der Waals surface area contributed by atoms with E-state index in [4.69, 9.17) is 16.7 Å². The van der Waals surface area contributed by atoms with E-state index in [9.17, 15) is 0 Å². The zero-order valence-electron chi connectivity index (χ0n) is 8.02. The Morgan fingerprint density at radius 3 is 2.33 bits per heavy atom. The third-order valence-corrected chi connectivity index (χ3v) is 2.40. The number of nitrogens with zero attached hydrogens (tertiary/aromatic N) is 1. The van der Waals surface area contributed by atoms with E-state index < -0.39 is 0 Å². The largest absolute Gasteiger partial charge is 0.392 e. The van der Waals surface area contributed by atoms with Crippen molar-refractivity contribution in [1.29, 1.82) is 0 Å². The maximum absolute atomic E-state index is 8.88. The number of halogens is 1. The van der Waals surface area contributed by atoms with Gasteiger partial charge in [-0.05, 0) is 23.8 Å². The molecule has 1 aromatic carbocycles. The first-order valence-corrected chi connectivity index (χ1v) is 4.99. The summed E-state index contributed by atoms with van der Waals surface area (Å²) in [6, 6.07) is 11.2. The molecule has 0 unspecified atom stereocenters. The Balaban J connectivity index is 2.33. The van der Waals surface area contributed by atoms with Crippen LogP contribution >= 0.6 is 11.6 Å². The van der Waals surface area contributed by atoms with Crippen LogP contribution in [0, 0.1) is 0 Å². The molecule has 1 aromatic heterocycles. The van der Waals surface area contributed by atoms with E-state index in [0.717, 1.165) is 16.8 Å². The number of hydrogen-bond donors (Lipinski definition) is 1. The van der Waals surface area contributed by atoms with Gasteiger partial charge in [0.25, 0.3) is 0 Å². The standard InChI is InChI=1S/C12H10ClNO/c13-11-4-2-10(3-5-11)12-6-1-9(8-15)7-14-12/h1-7,15H,8H2. The van der Waals surface area contributed by atoms with Crippen molar-refractivity contribution in [2.45, 2.75) is 6.61 Å². The second-order valence-corrected chi connectivity index (χ2v) is 3.65. The highest BCUT2D eigenvalue weighted by atomic mass is 35.5. The first kappa shape index (κ1) is 10.1. The molecular formula is C12H10ClNO. The van der Waals surface area contributed by atoms with Crippen molar-refractivity contribution < 1.29 is 5.11 Å². The zero-order valence-corrected chi connectivity index (χ0v) is 8.78. The molecule has 0 bridgehead atoms. The summed E-state index contributed by atoms with van der Waals surface area (Å²) in [6.07, 6.45) is 1.67. The molecule has 0 fully saturated rings. The predicted octanol–water partition coefficient (Wildman–Crippen LogP) is 2.89. The van der Waals surface area contributed by atoms with Gasteiger partial charge in [-0.2, -0.15) is 0 Å². The summed E-state index contributed by atoms with van der Waals surface area (Å²) >= 11 is 5.79. The quantitative estimate of drug-likeness (QED) is 0.843. The summed E-state index contributed by atoms with van der Waals surface area (Å²) in [6.45, 7) is 0.0217. The Kier molecular flexibility index (Phi) is 2.99. The lowest BCUT2D eigenvalue weighted by Crippen LogP contribution is -1.87. The van der Waals surface area contributed by atoms with E-state index in [1.165, 1.54) is 0 Å². The fourth-order valence-corrected chi connectivity index (χ4v) is 1.44. The van der Waals surface area contributed by atoms with Gasteiger partial charge >= 0.3 is 0 Å². The van der Waals surface area contributed by atoms with Gasteiger partial charge in [0.1, 0.15) is 0 Å². The van der Waals surface area contributed by atoms with Crippen LogP contribution in [0.15, 0.2) is 42.6 Å². The molecule has 2 nitrogen and oxygen atoms in total.